The SMILES string of the molecule is COC1=C(C)CCC(N=Nc2ccc(C)c(F)c2)=C1. The predicted molar refractivity (Wildman–Crippen MR) is 72.7 cm³/mol. The summed E-state index contributed by atoms with van der Waals surface area (Å²) in [5, 5.41) is 8.23. The molecule has 1 aliphatic carbocycles. The van der Waals surface area contributed by atoms with Crippen molar-refractivity contribution in [2.75, 3.05) is 7.11 Å². The molecule has 0 bridgehead atoms. The lowest BCUT2D eigenvalue weighted by Gasteiger charge is -2.13. The average Bonchev–Trinajstić information content (AvgIpc) is 2.41. The van der Waals surface area contributed by atoms with Gasteiger partial charge < -0.3 is 4.74 Å². The van der Waals surface area contributed by atoms with Gasteiger partial charge in [-0.3, -0.25) is 0 Å². The first kappa shape index (κ1) is 13.5. The molecule has 0 N–H and O–H groups in total. The molecule has 1 aromatic rings. The number of halogens is 1. The van der Waals surface area contributed by atoms with E-state index in [1.807, 2.05) is 13.0 Å². The van der Waals surface area contributed by atoms with Crippen LogP contribution < -0.4 is 0 Å². The zero-order chi connectivity index (χ0) is 13.8. The Morgan fingerprint density at radius 3 is 2.63 bits per heavy atom. The lowest BCUT2D eigenvalue weighted by molar-refractivity contribution is 0.298. The van der Waals surface area contributed by atoms with E-state index in [-0.39, 0.29) is 5.82 Å². The number of aryl methyl sites for hydroxylation is 1. The van der Waals surface area contributed by atoms with Crippen molar-refractivity contribution in [1.82, 2.24) is 0 Å². The summed E-state index contributed by atoms with van der Waals surface area (Å²) in [5.41, 5.74) is 3.19. The quantitative estimate of drug-likeness (QED) is 0.717. The lowest BCUT2D eigenvalue weighted by atomic mass is 10.0. The molecule has 0 saturated heterocycles. The van der Waals surface area contributed by atoms with Crippen LogP contribution >= 0.6 is 0 Å². The first-order chi connectivity index (χ1) is 9.10. The molecule has 2 rings (SSSR count). The average molecular weight is 260 g/mol. The van der Waals surface area contributed by atoms with Crippen molar-refractivity contribution in [2.24, 2.45) is 10.2 Å². The number of benzene rings is 1. The van der Waals surface area contributed by atoms with Gasteiger partial charge in [-0.05, 0) is 43.9 Å². The Morgan fingerprint density at radius 1 is 1.16 bits per heavy atom. The molecular weight excluding hydrogens is 243 g/mol. The van der Waals surface area contributed by atoms with E-state index in [9.17, 15) is 4.39 Å². The van der Waals surface area contributed by atoms with Crippen LogP contribution in [0.25, 0.3) is 0 Å². The molecule has 4 heteroatoms. The van der Waals surface area contributed by atoms with Crippen molar-refractivity contribution >= 4 is 5.69 Å². The fourth-order valence-corrected chi connectivity index (χ4v) is 1.86. The fraction of sp³-hybridized carbons (Fsp3) is 0.333. The maximum Gasteiger partial charge on any atom is 0.128 e. The molecule has 1 aromatic carbocycles. The van der Waals surface area contributed by atoms with Crippen LogP contribution in [0.1, 0.15) is 25.3 Å². The van der Waals surface area contributed by atoms with Crippen molar-refractivity contribution in [1.29, 1.82) is 0 Å². The van der Waals surface area contributed by atoms with Gasteiger partial charge in [-0.15, -0.1) is 0 Å². The van der Waals surface area contributed by atoms with Gasteiger partial charge >= 0.3 is 0 Å². The molecule has 0 aliphatic heterocycles. The highest BCUT2D eigenvalue weighted by Gasteiger charge is 2.10. The summed E-state index contributed by atoms with van der Waals surface area (Å²) in [7, 11) is 1.64. The molecule has 0 fully saturated rings. The van der Waals surface area contributed by atoms with Crippen molar-refractivity contribution in [3.63, 3.8) is 0 Å². The standard InChI is InChI=1S/C15H17FN2O/c1-10-4-6-12(8-14(10)16)17-18-13-7-5-11(2)15(9-13)19-3/h4,6,8-9H,5,7H2,1-3H3. The molecule has 0 unspecified atom stereocenters. The number of methoxy groups -OCH3 is 1. The molecule has 3 nitrogen and oxygen atoms in total. The zero-order valence-corrected chi connectivity index (χ0v) is 11.4. The fourth-order valence-electron chi connectivity index (χ4n) is 1.86. The Hall–Kier alpha value is -1.97. The van der Waals surface area contributed by atoms with Crippen LogP contribution in [0.3, 0.4) is 0 Å². The number of hydrogen-bond acceptors (Lipinski definition) is 3. The van der Waals surface area contributed by atoms with Crippen LogP contribution in [0.4, 0.5) is 10.1 Å². The van der Waals surface area contributed by atoms with Gasteiger partial charge in [0, 0.05) is 12.1 Å². The predicted octanol–water partition coefficient (Wildman–Crippen LogP) is 4.82. The maximum atomic E-state index is 13.4. The minimum absolute atomic E-state index is 0.262. The summed E-state index contributed by atoms with van der Waals surface area (Å²) in [5.74, 6) is 0.581. The summed E-state index contributed by atoms with van der Waals surface area (Å²) in [6.07, 6.45) is 3.62. The third kappa shape index (κ3) is 3.28. The van der Waals surface area contributed by atoms with E-state index in [0.717, 1.165) is 24.3 Å². The maximum absolute atomic E-state index is 13.4. The number of hydrogen-bond donors (Lipinski definition) is 0. The number of azo groups is 1. The molecule has 0 aromatic heterocycles. The van der Waals surface area contributed by atoms with E-state index in [1.54, 1.807) is 26.2 Å². The lowest BCUT2D eigenvalue weighted by Crippen LogP contribution is -1.97. The van der Waals surface area contributed by atoms with Crippen molar-refractivity contribution in [3.8, 4) is 0 Å². The number of nitrogens with zero attached hydrogens (tertiary/aromatic N) is 2. The molecule has 0 heterocycles. The first-order valence-corrected chi connectivity index (χ1v) is 6.22. The Labute approximate surface area is 112 Å². The smallest absolute Gasteiger partial charge is 0.128 e. The van der Waals surface area contributed by atoms with Crippen LogP contribution in [0.15, 0.2) is 51.5 Å². The van der Waals surface area contributed by atoms with E-state index in [4.69, 9.17) is 4.74 Å². The number of allylic oxidation sites excluding steroid dienone is 3. The Bertz CT molecular complexity index is 574. The van der Waals surface area contributed by atoms with Crippen molar-refractivity contribution < 1.29 is 9.13 Å². The summed E-state index contributed by atoms with van der Waals surface area (Å²) < 4.78 is 18.6. The molecular formula is C15H17FN2O. The van der Waals surface area contributed by atoms with Gasteiger partial charge in [-0.1, -0.05) is 6.07 Å². The highest BCUT2D eigenvalue weighted by molar-refractivity contribution is 5.39. The van der Waals surface area contributed by atoms with Gasteiger partial charge in [-0.2, -0.15) is 10.2 Å². The van der Waals surface area contributed by atoms with Gasteiger partial charge in [0.2, 0.25) is 0 Å². The van der Waals surface area contributed by atoms with Crippen LogP contribution in [-0.2, 0) is 4.74 Å². The molecule has 0 atom stereocenters. The van der Waals surface area contributed by atoms with E-state index in [1.165, 1.54) is 11.6 Å². The zero-order valence-electron chi connectivity index (χ0n) is 11.4. The van der Waals surface area contributed by atoms with Gasteiger partial charge in [0.25, 0.3) is 0 Å². The molecule has 0 amide bonds. The third-order valence-electron chi connectivity index (χ3n) is 3.14. The molecule has 100 valence electrons. The summed E-state index contributed by atoms with van der Waals surface area (Å²) >= 11 is 0. The van der Waals surface area contributed by atoms with E-state index in [0.29, 0.717) is 11.3 Å². The largest absolute Gasteiger partial charge is 0.497 e. The van der Waals surface area contributed by atoms with Crippen LogP contribution in [0.2, 0.25) is 0 Å². The minimum atomic E-state index is -0.262. The van der Waals surface area contributed by atoms with Crippen LogP contribution in [0, 0.1) is 12.7 Å². The molecule has 0 saturated carbocycles. The van der Waals surface area contributed by atoms with E-state index >= 15 is 0 Å². The third-order valence-corrected chi connectivity index (χ3v) is 3.14. The second-order valence-electron chi connectivity index (χ2n) is 4.62. The molecule has 1 aliphatic rings. The Kier molecular flexibility index (Phi) is 4.10. The molecule has 0 radical (unpaired) electrons. The van der Waals surface area contributed by atoms with Crippen LogP contribution in [0.5, 0.6) is 0 Å². The number of rotatable bonds is 3. The van der Waals surface area contributed by atoms with E-state index in [2.05, 4.69) is 10.2 Å². The normalized spacial score (nSPS) is 15.9. The van der Waals surface area contributed by atoms with Crippen LogP contribution in [-0.4, -0.2) is 7.11 Å². The number of ether oxygens (including phenoxy) is 1. The topological polar surface area (TPSA) is 34.0 Å². The Balaban J connectivity index is 2.17. The highest BCUT2D eigenvalue weighted by atomic mass is 19.1. The van der Waals surface area contributed by atoms with Gasteiger partial charge in [0.15, 0.2) is 0 Å². The van der Waals surface area contributed by atoms with E-state index < -0.39 is 0 Å². The van der Waals surface area contributed by atoms with Crippen molar-refractivity contribution in [3.05, 3.63) is 52.7 Å². The summed E-state index contributed by atoms with van der Waals surface area (Å²) in [6.45, 7) is 3.76. The van der Waals surface area contributed by atoms with Gasteiger partial charge in [0.1, 0.15) is 11.6 Å². The van der Waals surface area contributed by atoms with Gasteiger partial charge in [-0.25, -0.2) is 4.39 Å². The second-order valence-corrected chi connectivity index (χ2v) is 4.62. The van der Waals surface area contributed by atoms with Crippen molar-refractivity contribution in [2.45, 2.75) is 26.7 Å². The summed E-state index contributed by atoms with van der Waals surface area (Å²) in [6, 6.07) is 4.84. The minimum Gasteiger partial charge on any atom is -0.497 e. The first-order valence-electron chi connectivity index (χ1n) is 6.22. The summed E-state index contributed by atoms with van der Waals surface area (Å²) in [4.78, 5) is 0. The Morgan fingerprint density at radius 2 is 1.95 bits per heavy atom. The highest BCUT2D eigenvalue weighted by Crippen LogP contribution is 2.26. The second kappa shape index (κ2) is 5.78. The molecule has 0 spiro atoms. The monoisotopic (exact) mass is 260 g/mol. The molecule has 19 heavy (non-hydrogen) atoms. The van der Waals surface area contributed by atoms with Gasteiger partial charge in [0.05, 0.1) is 18.5 Å².